The van der Waals surface area contributed by atoms with E-state index in [-0.39, 0.29) is 13.2 Å². The van der Waals surface area contributed by atoms with Crippen molar-refractivity contribution in [1.82, 2.24) is 10.6 Å². The molecule has 13 nitrogen and oxygen atoms in total. The number of urea groups is 1. The van der Waals surface area contributed by atoms with Crippen LogP contribution in [0.4, 0.5) is 14.4 Å². The summed E-state index contributed by atoms with van der Waals surface area (Å²) in [7, 11) is 0. The summed E-state index contributed by atoms with van der Waals surface area (Å²) >= 11 is 8.80. The largest absolute Gasteiger partial charge is 0.503 e. The molecule has 0 saturated heterocycles. The van der Waals surface area contributed by atoms with Gasteiger partial charge in [0.2, 0.25) is 0 Å². The Morgan fingerprint density at radius 2 is 1.06 bits per heavy atom. The number of amides is 2. The van der Waals surface area contributed by atoms with Gasteiger partial charge in [0.05, 0.1) is 26.4 Å². The lowest BCUT2D eigenvalue weighted by atomic mass is 10.3. The fraction of sp³-hybridized carbons (Fsp3) is 0.706. The molecule has 15 heteroatoms. The minimum absolute atomic E-state index is 0.193. The number of hydrogen-bond acceptors (Lipinski definition) is 9. The van der Waals surface area contributed by atoms with E-state index in [4.69, 9.17) is 39.5 Å². The Balaban J connectivity index is -0.000000896. The number of carbonyl (C=O) groups is 5. The Labute approximate surface area is 195 Å². The molecular weight excluding hydrogens is 479 g/mol. The summed E-state index contributed by atoms with van der Waals surface area (Å²) < 4.78 is 8.91. The van der Waals surface area contributed by atoms with Gasteiger partial charge < -0.3 is 40.5 Å². The summed E-state index contributed by atoms with van der Waals surface area (Å²) in [6.45, 7) is 2.94. The molecule has 188 valence electrons. The summed E-state index contributed by atoms with van der Waals surface area (Å²) in [4.78, 5) is 52.7. The van der Waals surface area contributed by atoms with Gasteiger partial charge in [0.1, 0.15) is 0 Å². The van der Waals surface area contributed by atoms with E-state index >= 15 is 0 Å². The molecule has 0 aromatic carbocycles. The predicted molar refractivity (Wildman–Crippen MR) is 113 cm³/mol. The van der Waals surface area contributed by atoms with Gasteiger partial charge >= 0.3 is 28.8 Å². The van der Waals surface area contributed by atoms with Crippen LogP contribution in [0.15, 0.2) is 0 Å². The van der Waals surface area contributed by atoms with E-state index < -0.39 is 54.1 Å². The van der Waals surface area contributed by atoms with Crippen LogP contribution in [0.5, 0.6) is 0 Å². The van der Waals surface area contributed by atoms with Crippen LogP contribution >= 0.6 is 23.2 Å². The first-order valence-electron chi connectivity index (χ1n) is 9.35. The van der Waals surface area contributed by atoms with E-state index in [0.29, 0.717) is 12.8 Å². The molecule has 0 aliphatic heterocycles. The first kappa shape index (κ1) is 34.3. The number of carboxylic acid groups (broad SMARTS) is 2. The lowest BCUT2D eigenvalue weighted by molar-refractivity contribution is -0.147. The second-order valence-corrected chi connectivity index (χ2v) is 6.52. The Morgan fingerprint density at radius 3 is 1.28 bits per heavy atom. The van der Waals surface area contributed by atoms with Crippen LogP contribution in [0.2, 0.25) is 0 Å². The molecule has 0 rings (SSSR count). The number of aliphatic hydroxyl groups is 2. The number of nitrogens with one attached hydrogen (secondary N) is 2. The third-order valence-electron chi connectivity index (χ3n) is 3.03. The molecule has 6 N–H and O–H groups in total. The number of esters is 2. The fourth-order valence-corrected chi connectivity index (χ4v) is 1.55. The van der Waals surface area contributed by atoms with Crippen LogP contribution in [0.3, 0.4) is 0 Å². The lowest BCUT2D eigenvalue weighted by Gasteiger charge is -2.19. The monoisotopic (exact) mass is 508 g/mol. The number of aliphatic hydroxyl groups excluding tert-OH is 2. The molecule has 0 spiro atoms. The summed E-state index contributed by atoms with van der Waals surface area (Å²) in [6, 6.07) is -3.40. The minimum Gasteiger partial charge on any atom is -0.464 e. The molecule has 0 aliphatic rings. The number of unbranched alkanes of at least 4 members (excludes halogenated alkanes) is 2. The summed E-state index contributed by atoms with van der Waals surface area (Å²) in [5, 5.41) is 36.6. The number of carbonyl (C=O) groups excluding carboxylic acids is 4. The number of rotatable bonds is 12. The fourth-order valence-electron chi connectivity index (χ4n) is 1.55. The first-order valence-corrected chi connectivity index (χ1v) is 10.1. The summed E-state index contributed by atoms with van der Waals surface area (Å²) in [5.41, 5.74) is 0. The molecule has 0 radical (unpaired) electrons. The Kier molecular flexibility index (Phi) is 25.0. The predicted octanol–water partition coefficient (Wildman–Crippen LogP) is 1.50. The zero-order chi connectivity index (χ0) is 25.5. The van der Waals surface area contributed by atoms with Gasteiger partial charge in [0.25, 0.3) is 0 Å². The zero-order valence-corrected chi connectivity index (χ0v) is 19.2. The van der Waals surface area contributed by atoms with Gasteiger partial charge in [0.15, 0.2) is 12.1 Å². The van der Waals surface area contributed by atoms with E-state index in [1.807, 2.05) is 13.8 Å². The molecule has 0 bridgehead atoms. The average Bonchev–Trinajstić information content (AvgIpc) is 2.69. The highest BCUT2D eigenvalue weighted by Crippen LogP contribution is 1.96. The molecule has 0 saturated carbocycles. The van der Waals surface area contributed by atoms with Crippen LogP contribution in [0.1, 0.15) is 39.5 Å². The standard InChI is InChI=1S/C15H28N2O7.CCl2O.CH2O3/c1-3-5-7-23-13(20)11(9-18)16-15(22)17-12(10-19)14(21)24-8-6-4-2;2*2-1(3)4/h11-12,18-19H,3-10H2,1-2H3,(H2,16,17,22);;(H2,2,3,4). The van der Waals surface area contributed by atoms with Crippen LogP contribution in [-0.2, 0) is 19.1 Å². The van der Waals surface area contributed by atoms with Crippen molar-refractivity contribution in [2.45, 2.75) is 51.6 Å². The maximum Gasteiger partial charge on any atom is 0.503 e. The summed E-state index contributed by atoms with van der Waals surface area (Å²) in [5.74, 6) is -1.54. The highest BCUT2D eigenvalue weighted by atomic mass is 35.5. The van der Waals surface area contributed by atoms with Crippen molar-refractivity contribution in [3.05, 3.63) is 0 Å². The van der Waals surface area contributed by atoms with Crippen molar-refractivity contribution in [2.75, 3.05) is 26.4 Å². The average molecular weight is 509 g/mol. The number of hydrogen-bond donors (Lipinski definition) is 6. The Morgan fingerprint density at radius 1 is 0.781 bits per heavy atom. The van der Waals surface area contributed by atoms with Gasteiger partial charge in [-0.05, 0) is 36.0 Å². The highest BCUT2D eigenvalue weighted by molar-refractivity contribution is 6.93. The molecule has 0 aliphatic carbocycles. The van der Waals surface area contributed by atoms with Gasteiger partial charge in [-0.15, -0.1) is 0 Å². The van der Waals surface area contributed by atoms with Crippen molar-refractivity contribution >= 4 is 52.0 Å². The molecule has 0 aromatic heterocycles. The van der Waals surface area contributed by atoms with Crippen LogP contribution in [0, 0.1) is 0 Å². The van der Waals surface area contributed by atoms with Gasteiger partial charge in [-0.2, -0.15) is 0 Å². The van der Waals surface area contributed by atoms with Gasteiger partial charge in [-0.3, -0.25) is 4.79 Å². The van der Waals surface area contributed by atoms with Crippen molar-refractivity contribution in [3.8, 4) is 0 Å². The smallest absolute Gasteiger partial charge is 0.464 e. The molecule has 0 fully saturated rings. The SMILES string of the molecule is CCCCOC(=O)C(CO)NC(=O)NC(CO)C(=O)OCCCC.O=C(Cl)Cl.O=C(O)O. The quantitative estimate of drug-likeness (QED) is 0.126. The van der Waals surface area contributed by atoms with E-state index in [9.17, 15) is 14.4 Å². The van der Waals surface area contributed by atoms with Gasteiger partial charge in [-0.1, -0.05) is 26.7 Å². The topological polar surface area (TPSA) is 209 Å². The van der Waals surface area contributed by atoms with Crippen molar-refractivity contribution < 1.29 is 53.9 Å². The number of halogens is 2. The zero-order valence-electron chi connectivity index (χ0n) is 17.7. The minimum atomic E-state index is -1.83. The van der Waals surface area contributed by atoms with Crippen LogP contribution < -0.4 is 10.6 Å². The van der Waals surface area contributed by atoms with Crippen molar-refractivity contribution in [1.29, 1.82) is 0 Å². The third kappa shape index (κ3) is 25.7. The van der Waals surface area contributed by atoms with Gasteiger partial charge in [0, 0.05) is 0 Å². The molecule has 2 atom stereocenters. The normalized spacial score (nSPS) is 11.2. The highest BCUT2D eigenvalue weighted by Gasteiger charge is 2.25. The molecular formula is C17H30Cl2N2O11. The molecule has 0 heterocycles. The Hall–Kier alpha value is -2.35. The second kappa shape index (κ2) is 23.3. The maximum absolute atomic E-state index is 11.8. The van der Waals surface area contributed by atoms with Gasteiger partial charge in [-0.25, -0.2) is 19.2 Å². The van der Waals surface area contributed by atoms with Crippen LogP contribution in [0.25, 0.3) is 0 Å². The van der Waals surface area contributed by atoms with Crippen molar-refractivity contribution in [3.63, 3.8) is 0 Å². The molecule has 32 heavy (non-hydrogen) atoms. The van der Waals surface area contributed by atoms with Crippen molar-refractivity contribution in [2.24, 2.45) is 0 Å². The van der Waals surface area contributed by atoms with Crippen LogP contribution in [-0.4, -0.2) is 87.8 Å². The maximum atomic E-state index is 11.8. The molecule has 2 amide bonds. The third-order valence-corrected chi connectivity index (χ3v) is 3.03. The second-order valence-electron chi connectivity index (χ2n) is 5.64. The van der Waals surface area contributed by atoms with E-state index in [0.717, 1.165) is 12.8 Å². The Bertz CT molecular complexity index is 511. The molecule has 0 aromatic rings. The van der Waals surface area contributed by atoms with E-state index in [2.05, 4.69) is 33.8 Å². The lowest BCUT2D eigenvalue weighted by Crippen LogP contribution is -2.53. The molecule has 2 unspecified atom stereocenters. The van der Waals surface area contributed by atoms with E-state index in [1.54, 1.807) is 0 Å². The number of ether oxygens (including phenoxy) is 2. The summed E-state index contributed by atoms with van der Waals surface area (Å²) in [6.07, 6.45) is 1.19. The first-order chi connectivity index (χ1) is 15.0. The van der Waals surface area contributed by atoms with E-state index in [1.165, 1.54) is 0 Å².